The molecule has 7 nitrogen and oxygen atoms in total. The smallest absolute Gasteiger partial charge is 0.308 e. The normalized spacial score (nSPS) is 19.1. The van der Waals surface area contributed by atoms with Gasteiger partial charge in [0.15, 0.2) is 0 Å². The number of nitrogens with zero attached hydrogens (tertiary/aromatic N) is 2. The van der Waals surface area contributed by atoms with E-state index < -0.39 is 17.9 Å². The van der Waals surface area contributed by atoms with Gasteiger partial charge in [-0.15, -0.1) is 0 Å². The topological polar surface area (TPSA) is 84.0 Å². The van der Waals surface area contributed by atoms with Crippen LogP contribution in [0.1, 0.15) is 67.8 Å². The number of benzene rings is 2. The Bertz CT molecular complexity index is 1070. The minimum atomic E-state index is -0.836. The van der Waals surface area contributed by atoms with Crippen molar-refractivity contribution >= 4 is 29.4 Å². The van der Waals surface area contributed by atoms with Crippen molar-refractivity contribution in [3.63, 3.8) is 0 Å². The number of amides is 3. The number of anilines is 1. The zero-order chi connectivity index (χ0) is 24.2. The number of hydrogen-bond donors (Lipinski definition) is 0. The molecular formula is C27H30N2O5. The highest BCUT2D eigenvalue weighted by Crippen LogP contribution is 2.32. The van der Waals surface area contributed by atoms with Gasteiger partial charge in [-0.2, -0.15) is 0 Å². The molecule has 0 radical (unpaired) electrons. The van der Waals surface area contributed by atoms with E-state index in [1.807, 2.05) is 19.1 Å². The highest BCUT2D eigenvalue weighted by Gasteiger charge is 2.46. The highest BCUT2D eigenvalue weighted by atomic mass is 16.5. The Morgan fingerprint density at radius 1 is 0.912 bits per heavy atom. The summed E-state index contributed by atoms with van der Waals surface area (Å²) in [6.45, 7) is 3.26. The standard InChI is InChI=1S/C27H30N2O5/c1-18-9-11-20(12-10-18)26(32)28(21-7-5-3-4-6-8-21)24-17-25(31)29(27(24)33)22-13-15-23(16-14-22)34-19(2)30/h9-16,21,24H,3-8,17H2,1-2H3. The summed E-state index contributed by atoms with van der Waals surface area (Å²) in [7, 11) is 0. The SMILES string of the molecule is CC(=O)Oc1ccc(N2C(=O)CC(N(C(=O)c3ccc(C)cc3)C3CCCCCC3)C2=O)cc1. The second-order valence-corrected chi connectivity index (χ2v) is 9.10. The maximum atomic E-state index is 13.7. The molecule has 3 amide bonds. The zero-order valence-corrected chi connectivity index (χ0v) is 19.7. The van der Waals surface area contributed by atoms with Crippen LogP contribution in [0.15, 0.2) is 48.5 Å². The number of carbonyl (C=O) groups is 4. The van der Waals surface area contributed by atoms with E-state index in [1.54, 1.807) is 41.3 Å². The van der Waals surface area contributed by atoms with Crippen molar-refractivity contribution < 1.29 is 23.9 Å². The maximum Gasteiger partial charge on any atom is 0.308 e. The van der Waals surface area contributed by atoms with Crippen LogP contribution in [0.4, 0.5) is 5.69 Å². The molecule has 1 saturated carbocycles. The molecule has 2 fully saturated rings. The van der Waals surface area contributed by atoms with Crippen molar-refractivity contribution in [2.45, 2.75) is 70.9 Å². The van der Waals surface area contributed by atoms with Gasteiger partial charge in [-0.25, -0.2) is 4.90 Å². The summed E-state index contributed by atoms with van der Waals surface area (Å²) >= 11 is 0. The van der Waals surface area contributed by atoms with Gasteiger partial charge >= 0.3 is 5.97 Å². The van der Waals surface area contributed by atoms with Crippen molar-refractivity contribution in [3.8, 4) is 5.75 Å². The van der Waals surface area contributed by atoms with Gasteiger partial charge in [0.25, 0.3) is 11.8 Å². The number of esters is 1. The first-order chi connectivity index (χ1) is 16.3. The third-order valence-electron chi connectivity index (χ3n) is 6.57. The molecule has 4 rings (SSSR count). The summed E-state index contributed by atoms with van der Waals surface area (Å²) in [6, 6.07) is 12.7. The fourth-order valence-corrected chi connectivity index (χ4v) is 4.88. The van der Waals surface area contributed by atoms with E-state index in [0.717, 1.165) is 49.0 Å². The Balaban J connectivity index is 1.63. The number of rotatable bonds is 5. The van der Waals surface area contributed by atoms with Gasteiger partial charge in [-0.05, 0) is 56.2 Å². The zero-order valence-electron chi connectivity index (χ0n) is 19.7. The van der Waals surface area contributed by atoms with E-state index in [0.29, 0.717) is 17.0 Å². The third kappa shape index (κ3) is 5.03. The van der Waals surface area contributed by atoms with E-state index in [9.17, 15) is 19.2 Å². The summed E-state index contributed by atoms with van der Waals surface area (Å²) in [6.07, 6.45) is 5.83. The number of ether oxygens (including phenoxy) is 1. The number of carbonyl (C=O) groups excluding carboxylic acids is 4. The number of imide groups is 1. The van der Waals surface area contributed by atoms with E-state index in [2.05, 4.69) is 0 Å². The summed E-state index contributed by atoms with van der Waals surface area (Å²) < 4.78 is 5.04. The summed E-state index contributed by atoms with van der Waals surface area (Å²) in [4.78, 5) is 54.3. The summed E-state index contributed by atoms with van der Waals surface area (Å²) in [5, 5.41) is 0. The van der Waals surface area contributed by atoms with Crippen molar-refractivity contribution in [1.29, 1.82) is 0 Å². The van der Waals surface area contributed by atoms with Crippen LogP contribution >= 0.6 is 0 Å². The van der Waals surface area contributed by atoms with Gasteiger partial charge in [0.1, 0.15) is 11.8 Å². The predicted molar refractivity (Wildman–Crippen MR) is 127 cm³/mol. The van der Waals surface area contributed by atoms with Gasteiger partial charge in [0.05, 0.1) is 12.1 Å². The Morgan fingerprint density at radius 2 is 1.53 bits per heavy atom. The lowest BCUT2D eigenvalue weighted by atomic mass is 10.0. The molecule has 2 aliphatic rings. The van der Waals surface area contributed by atoms with Crippen molar-refractivity contribution in [2.24, 2.45) is 0 Å². The first-order valence-electron chi connectivity index (χ1n) is 11.9. The van der Waals surface area contributed by atoms with Crippen LogP contribution < -0.4 is 9.64 Å². The second-order valence-electron chi connectivity index (χ2n) is 9.10. The van der Waals surface area contributed by atoms with Crippen molar-refractivity contribution in [2.75, 3.05) is 4.90 Å². The monoisotopic (exact) mass is 462 g/mol. The van der Waals surface area contributed by atoms with E-state index >= 15 is 0 Å². The second kappa shape index (κ2) is 10.2. The average molecular weight is 463 g/mol. The molecule has 1 atom stereocenters. The molecular weight excluding hydrogens is 432 g/mol. The Kier molecular flexibility index (Phi) is 7.10. The summed E-state index contributed by atoms with van der Waals surface area (Å²) in [5.74, 6) is -1.05. The van der Waals surface area contributed by atoms with Gasteiger partial charge < -0.3 is 9.64 Å². The number of aryl methyl sites for hydroxylation is 1. The molecule has 1 heterocycles. The quantitative estimate of drug-likeness (QED) is 0.284. The van der Waals surface area contributed by atoms with Crippen LogP contribution in [-0.2, 0) is 14.4 Å². The molecule has 7 heteroatoms. The average Bonchev–Trinajstić information content (AvgIpc) is 2.97. The molecule has 34 heavy (non-hydrogen) atoms. The maximum absolute atomic E-state index is 13.7. The molecule has 1 aliphatic heterocycles. The Morgan fingerprint density at radius 3 is 2.12 bits per heavy atom. The predicted octanol–water partition coefficient (Wildman–Crippen LogP) is 4.42. The van der Waals surface area contributed by atoms with Crippen LogP contribution in [-0.4, -0.2) is 40.7 Å². The highest BCUT2D eigenvalue weighted by molar-refractivity contribution is 6.23. The molecule has 2 aromatic rings. The molecule has 1 aliphatic carbocycles. The van der Waals surface area contributed by atoms with Crippen LogP contribution in [0.25, 0.3) is 0 Å². The van der Waals surface area contributed by atoms with Gasteiger partial charge in [0, 0.05) is 18.5 Å². The first-order valence-corrected chi connectivity index (χ1v) is 11.9. The van der Waals surface area contributed by atoms with Crippen molar-refractivity contribution in [3.05, 3.63) is 59.7 Å². The third-order valence-corrected chi connectivity index (χ3v) is 6.57. The lowest BCUT2D eigenvalue weighted by molar-refractivity contribution is -0.132. The molecule has 0 bridgehead atoms. The lowest BCUT2D eigenvalue weighted by Crippen LogP contribution is -2.50. The fraction of sp³-hybridized carbons (Fsp3) is 0.407. The summed E-state index contributed by atoms with van der Waals surface area (Å²) in [5.41, 5.74) is 1.98. The minimum Gasteiger partial charge on any atom is -0.427 e. The van der Waals surface area contributed by atoms with Crippen LogP contribution in [0.3, 0.4) is 0 Å². The molecule has 0 aromatic heterocycles. The number of hydrogen-bond acceptors (Lipinski definition) is 5. The van der Waals surface area contributed by atoms with E-state index in [-0.39, 0.29) is 24.3 Å². The van der Waals surface area contributed by atoms with Crippen molar-refractivity contribution in [1.82, 2.24) is 4.90 Å². The Labute approximate surface area is 199 Å². The lowest BCUT2D eigenvalue weighted by Gasteiger charge is -2.35. The first kappa shape index (κ1) is 23.7. The molecule has 178 valence electrons. The molecule has 2 aromatic carbocycles. The molecule has 1 unspecified atom stereocenters. The molecule has 1 saturated heterocycles. The van der Waals surface area contributed by atoms with Gasteiger partial charge in [-0.3, -0.25) is 19.2 Å². The largest absolute Gasteiger partial charge is 0.427 e. The van der Waals surface area contributed by atoms with Gasteiger partial charge in [0.2, 0.25) is 5.91 Å². The van der Waals surface area contributed by atoms with Crippen LogP contribution in [0, 0.1) is 6.92 Å². The Hall–Kier alpha value is -3.48. The fourth-order valence-electron chi connectivity index (χ4n) is 4.88. The van der Waals surface area contributed by atoms with Crippen LogP contribution in [0.2, 0.25) is 0 Å². The van der Waals surface area contributed by atoms with Gasteiger partial charge in [-0.1, -0.05) is 43.4 Å². The molecule has 0 spiro atoms. The molecule has 0 N–H and O–H groups in total. The van der Waals surface area contributed by atoms with E-state index in [4.69, 9.17) is 4.74 Å². The van der Waals surface area contributed by atoms with E-state index in [1.165, 1.54) is 6.92 Å². The van der Waals surface area contributed by atoms with Crippen LogP contribution in [0.5, 0.6) is 5.75 Å². The minimum absolute atomic E-state index is 0.0430.